The minimum atomic E-state index is -0.342. The molecule has 3 nitrogen and oxygen atoms in total. The lowest BCUT2D eigenvalue weighted by molar-refractivity contribution is 0.627. The highest BCUT2D eigenvalue weighted by Gasteiger charge is 2.22. The zero-order valence-electron chi connectivity index (χ0n) is 16.0. The van der Waals surface area contributed by atoms with Gasteiger partial charge in [0.25, 0.3) is 0 Å². The Kier molecular flexibility index (Phi) is 5.10. The van der Waals surface area contributed by atoms with Gasteiger partial charge in [-0.2, -0.15) is 5.10 Å². The van der Waals surface area contributed by atoms with Gasteiger partial charge in [0.15, 0.2) is 0 Å². The van der Waals surface area contributed by atoms with Crippen molar-refractivity contribution in [3.05, 3.63) is 101 Å². The molecular formula is C24H14ClF2N3S. The monoisotopic (exact) mass is 449 g/mol. The number of thiazole rings is 1. The van der Waals surface area contributed by atoms with Crippen LogP contribution < -0.4 is 0 Å². The average Bonchev–Trinajstić information content (AvgIpc) is 3.41. The molecular weight excluding hydrogens is 436 g/mol. The molecule has 0 N–H and O–H groups in total. The fourth-order valence-electron chi connectivity index (χ4n) is 3.29. The Morgan fingerprint density at radius 2 is 1.35 bits per heavy atom. The van der Waals surface area contributed by atoms with E-state index in [0.29, 0.717) is 32.7 Å². The highest BCUT2D eigenvalue weighted by molar-refractivity contribution is 7.12. The maximum Gasteiger partial charge on any atom is 0.211 e. The van der Waals surface area contributed by atoms with Gasteiger partial charge in [0.05, 0.1) is 16.4 Å². The Bertz CT molecular complexity index is 1340. The van der Waals surface area contributed by atoms with Crippen LogP contribution in [0.3, 0.4) is 0 Å². The number of hydrogen-bond donors (Lipinski definition) is 0. The predicted octanol–water partition coefficient (Wildman–Crippen LogP) is 7.26. The molecule has 2 heterocycles. The van der Waals surface area contributed by atoms with Crippen LogP contribution in [0.25, 0.3) is 38.9 Å². The van der Waals surface area contributed by atoms with E-state index in [1.54, 1.807) is 28.9 Å². The summed E-state index contributed by atoms with van der Waals surface area (Å²) in [6, 6.07) is 21.8. The van der Waals surface area contributed by atoms with Crippen LogP contribution in [-0.2, 0) is 0 Å². The summed E-state index contributed by atoms with van der Waals surface area (Å²) in [6.45, 7) is 0. The smallest absolute Gasteiger partial charge is 0.211 e. The van der Waals surface area contributed by atoms with Gasteiger partial charge in [0.1, 0.15) is 17.3 Å². The molecule has 0 saturated carbocycles. The summed E-state index contributed by atoms with van der Waals surface area (Å²) < 4.78 is 28.6. The maximum absolute atomic E-state index is 13.5. The van der Waals surface area contributed by atoms with E-state index in [4.69, 9.17) is 21.7 Å². The number of rotatable bonds is 4. The Hall–Kier alpha value is -3.35. The molecule has 152 valence electrons. The van der Waals surface area contributed by atoms with E-state index < -0.39 is 0 Å². The van der Waals surface area contributed by atoms with Crippen molar-refractivity contribution in [2.75, 3.05) is 0 Å². The van der Waals surface area contributed by atoms with E-state index >= 15 is 0 Å². The first-order valence-electron chi connectivity index (χ1n) is 9.42. The minimum absolute atomic E-state index is 0.342. The molecule has 3 aromatic carbocycles. The van der Waals surface area contributed by atoms with Gasteiger partial charge in [-0.25, -0.2) is 18.4 Å². The fraction of sp³-hybridized carbons (Fsp3) is 0. The van der Waals surface area contributed by atoms with Crippen molar-refractivity contribution in [1.82, 2.24) is 14.8 Å². The summed E-state index contributed by atoms with van der Waals surface area (Å²) in [5.74, 6) is -0.684. The van der Waals surface area contributed by atoms with Crippen molar-refractivity contribution in [1.29, 1.82) is 0 Å². The number of benzene rings is 3. The van der Waals surface area contributed by atoms with Crippen molar-refractivity contribution >= 4 is 22.9 Å². The molecule has 31 heavy (non-hydrogen) atoms. The first-order chi connectivity index (χ1) is 15.1. The van der Waals surface area contributed by atoms with Crippen LogP contribution >= 0.6 is 22.9 Å². The normalized spacial score (nSPS) is 11.1. The van der Waals surface area contributed by atoms with Gasteiger partial charge in [-0.05, 0) is 48.5 Å². The van der Waals surface area contributed by atoms with E-state index in [9.17, 15) is 8.78 Å². The molecule has 0 fully saturated rings. The molecule has 0 spiro atoms. The van der Waals surface area contributed by atoms with E-state index in [-0.39, 0.29) is 11.6 Å². The molecule has 5 aromatic rings. The summed E-state index contributed by atoms with van der Waals surface area (Å²) in [4.78, 5) is 4.74. The second kappa shape index (κ2) is 8.06. The lowest BCUT2D eigenvalue weighted by atomic mass is 10.1. The Morgan fingerprint density at radius 3 is 2.00 bits per heavy atom. The van der Waals surface area contributed by atoms with Crippen LogP contribution in [0.1, 0.15) is 0 Å². The van der Waals surface area contributed by atoms with Crippen LogP contribution in [0.4, 0.5) is 8.78 Å². The third-order valence-electron chi connectivity index (χ3n) is 4.81. The average molecular weight is 450 g/mol. The predicted molar refractivity (Wildman–Crippen MR) is 120 cm³/mol. The lowest BCUT2D eigenvalue weighted by Crippen LogP contribution is -1.99. The van der Waals surface area contributed by atoms with Crippen molar-refractivity contribution in [2.45, 2.75) is 0 Å². The molecule has 0 aliphatic carbocycles. The van der Waals surface area contributed by atoms with Crippen molar-refractivity contribution < 1.29 is 8.78 Å². The summed E-state index contributed by atoms with van der Waals surface area (Å²) in [5.41, 5.74) is 4.27. The molecule has 0 amide bonds. The number of aromatic nitrogens is 3. The molecule has 5 rings (SSSR count). The van der Waals surface area contributed by atoms with Crippen LogP contribution in [0.5, 0.6) is 0 Å². The third-order valence-corrected chi connectivity index (χ3v) is 5.98. The Balaban J connectivity index is 1.69. The number of hydrogen-bond acceptors (Lipinski definition) is 3. The minimum Gasteiger partial charge on any atom is -0.218 e. The second-order valence-electron chi connectivity index (χ2n) is 6.82. The second-order valence-corrected chi connectivity index (χ2v) is 8.03. The van der Waals surface area contributed by atoms with Crippen LogP contribution in [0.15, 0.2) is 84.2 Å². The quantitative estimate of drug-likeness (QED) is 0.289. The summed E-state index contributed by atoms with van der Waals surface area (Å²) in [6.07, 6.45) is 0. The molecule has 7 heteroatoms. The summed E-state index contributed by atoms with van der Waals surface area (Å²) in [7, 11) is 0. The van der Waals surface area contributed by atoms with Gasteiger partial charge in [0.2, 0.25) is 5.13 Å². The molecule has 0 aliphatic rings. The molecule has 0 saturated heterocycles. The van der Waals surface area contributed by atoms with Crippen LogP contribution in [0, 0.1) is 11.6 Å². The van der Waals surface area contributed by atoms with Crippen molar-refractivity contribution in [2.24, 2.45) is 0 Å². The number of nitrogens with zero attached hydrogens (tertiary/aromatic N) is 3. The van der Waals surface area contributed by atoms with Gasteiger partial charge >= 0.3 is 0 Å². The molecule has 0 unspecified atom stereocenters. The standard InChI is InChI=1S/C24H14ClF2N3S/c25-21-22(16-6-10-18(26)11-7-16)29-30(23(21)17-8-12-19(27)13-9-17)24-28-20(14-31-24)15-4-2-1-3-5-15/h1-14H. The first-order valence-corrected chi connectivity index (χ1v) is 10.7. The largest absolute Gasteiger partial charge is 0.218 e. The highest BCUT2D eigenvalue weighted by Crippen LogP contribution is 2.39. The lowest BCUT2D eigenvalue weighted by Gasteiger charge is -2.05. The summed E-state index contributed by atoms with van der Waals surface area (Å²) >= 11 is 8.18. The molecule has 0 bridgehead atoms. The molecule has 0 radical (unpaired) electrons. The van der Waals surface area contributed by atoms with Crippen molar-refractivity contribution in [3.8, 4) is 38.9 Å². The zero-order chi connectivity index (χ0) is 21.4. The van der Waals surface area contributed by atoms with Crippen LogP contribution in [0.2, 0.25) is 5.02 Å². The molecule has 2 aromatic heterocycles. The van der Waals surface area contributed by atoms with Gasteiger partial charge in [-0.3, -0.25) is 0 Å². The van der Waals surface area contributed by atoms with Crippen LogP contribution in [-0.4, -0.2) is 14.8 Å². The first kappa shape index (κ1) is 19.6. The van der Waals surface area contributed by atoms with E-state index in [0.717, 1.165) is 11.3 Å². The Morgan fingerprint density at radius 1 is 0.742 bits per heavy atom. The maximum atomic E-state index is 13.5. The molecule has 0 atom stereocenters. The van der Waals surface area contributed by atoms with E-state index in [1.807, 2.05) is 35.7 Å². The van der Waals surface area contributed by atoms with Gasteiger partial charge in [-0.1, -0.05) is 41.9 Å². The number of halogens is 3. The van der Waals surface area contributed by atoms with E-state index in [2.05, 4.69) is 0 Å². The summed E-state index contributed by atoms with van der Waals surface area (Å²) in [5, 5.41) is 7.66. The Labute approximate surface area is 186 Å². The van der Waals surface area contributed by atoms with Crippen molar-refractivity contribution in [3.63, 3.8) is 0 Å². The zero-order valence-corrected chi connectivity index (χ0v) is 17.5. The molecule has 0 aliphatic heterocycles. The van der Waals surface area contributed by atoms with Gasteiger partial charge in [0, 0.05) is 22.1 Å². The highest BCUT2D eigenvalue weighted by atomic mass is 35.5. The third kappa shape index (κ3) is 3.76. The fourth-order valence-corrected chi connectivity index (χ4v) is 4.41. The van der Waals surface area contributed by atoms with E-state index in [1.165, 1.54) is 35.6 Å². The topological polar surface area (TPSA) is 30.7 Å². The van der Waals surface area contributed by atoms with Gasteiger partial charge in [-0.15, -0.1) is 11.3 Å². The van der Waals surface area contributed by atoms with Gasteiger partial charge < -0.3 is 0 Å². The SMILES string of the molecule is Fc1ccc(-c2nn(-c3nc(-c4ccccc4)cs3)c(-c3ccc(F)cc3)c2Cl)cc1.